The molecule has 0 spiro atoms. The molecule has 0 bridgehead atoms. The first-order chi connectivity index (χ1) is 16.6. The number of sulfonamides is 1. The fourth-order valence-corrected chi connectivity index (χ4v) is 4.09. The predicted octanol–water partition coefficient (Wildman–Crippen LogP) is 1.86. The van der Waals surface area contributed by atoms with Gasteiger partial charge in [0.2, 0.25) is 0 Å². The molecule has 12 nitrogen and oxygen atoms in total. The first-order valence-corrected chi connectivity index (χ1v) is 11.7. The number of aromatic nitrogens is 3. The van der Waals surface area contributed by atoms with Crippen LogP contribution in [-0.2, 0) is 21.2 Å². The molecule has 2 heterocycles. The number of carbonyl (C=O) groups is 2. The molecule has 184 valence electrons. The van der Waals surface area contributed by atoms with Gasteiger partial charge in [-0.05, 0) is 29.8 Å². The second-order valence-electron chi connectivity index (χ2n) is 7.56. The zero-order valence-electron chi connectivity index (χ0n) is 19.2. The van der Waals surface area contributed by atoms with Crippen molar-refractivity contribution in [1.82, 2.24) is 19.9 Å². The van der Waals surface area contributed by atoms with Crippen molar-refractivity contribution in [2.45, 2.75) is 17.4 Å². The number of nitrogens with zero attached hydrogens (tertiary/aromatic N) is 5. The first kappa shape index (κ1) is 25.4. The number of carboxylic acids is 1. The van der Waals surface area contributed by atoms with Gasteiger partial charge in [0.15, 0.2) is 5.82 Å². The van der Waals surface area contributed by atoms with Gasteiger partial charge in [-0.3, -0.25) is 9.29 Å². The number of carboxylic acid groups (broad SMARTS) is 1. The zero-order valence-corrected chi connectivity index (χ0v) is 20.0. The van der Waals surface area contributed by atoms with Crippen molar-refractivity contribution < 1.29 is 27.9 Å². The van der Waals surface area contributed by atoms with Crippen molar-refractivity contribution in [3.8, 4) is 5.75 Å². The maximum Gasteiger partial charge on any atom is 0.414 e. The van der Waals surface area contributed by atoms with Gasteiger partial charge in [-0.25, -0.2) is 28.0 Å². The third kappa shape index (κ3) is 6.20. The van der Waals surface area contributed by atoms with E-state index in [1.165, 1.54) is 49.0 Å². The molecule has 0 saturated carbocycles. The molecule has 0 fully saturated rings. The van der Waals surface area contributed by atoms with Gasteiger partial charge in [0, 0.05) is 40.0 Å². The number of anilines is 2. The maximum atomic E-state index is 13.0. The van der Waals surface area contributed by atoms with Crippen LogP contribution in [0.25, 0.3) is 0 Å². The molecule has 2 N–H and O–H groups in total. The van der Waals surface area contributed by atoms with Crippen LogP contribution < -0.4 is 14.4 Å². The molecule has 1 aromatic carbocycles. The summed E-state index contributed by atoms with van der Waals surface area (Å²) in [7, 11) is 0.436. The van der Waals surface area contributed by atoms with Crippen LogP contribution in [0.15, 0.2) is 66.2 Å². The Labute approximate surface area is 202 Å². The Morgan fingerprint density at radius 3 is 2.40 bits per heavy atom. The van der Waals surface area contributed by atoms with Crippen LogP contribution >= 0.6 is 0 Å². The fraction of sp³-hybridized carbons (Fsp3) is 0.227. The van der Waals surface area contributed by atoms with Crippen LogP contribution in [0, 0.1) is 0 Å². The normalized spacial score (nSPS) is 11.9. The van der Waals surface area contributed by atoms with E-state index < -0.39 is 28.1 Å². The lowest BCUT2D eigenvalue weighted by Crippen LogP contribution is -2.34. The van der Waals surface area contributed by atoms with Gasteiger partial charge >= 0.3 is 12.1 Å². The summed E-state index contributed by atoms with van der Waals surface area (Å²) in [5.74, 6) is -0.832. The van der Waals surface area contributed by atoms with Crippen molar-refractivity contribution in [1.29, 1.82) is 0 Å². The number of ether oxygens (including phenoxy) is 1. The van der Waals surface area contributed by atoms with E-state index in [1.54, 1.807) is 38.4 Å². The lowest BCUT2D eigenvalue weighted by Gasteiger charge is -2.23. The summed E-state index contributed by atoms with van der Waals surface area (Å²) in [5.41, 5.74) is 0.704. The van der Waals surface area contributed by atoms with E-state index in [2.05, 4.69) is 20.3 Å². The number of aliphatic carboxylic acids is 1. The van der Waals surface area contributed by atoms with E-state index >= 15 is 0 Å². The Balaban J connectivity index is 1.81. The minimum absolute atomic E-state index is 0.0268. The second-order valence-corrected chi connectivity index (χ2v) is 9.53. The van der Waals surface area contributed by atoms with Crippen molar-refractivity contribution in [3.05, 3.63) is 66.9 Å². The van der Waals surface area contributed by atoms with E-state index in [4.69, 9.17) is 4.74 Å². The van der Waals surface area contributed by atoms with E-state index in [0.717, 1.165) is 4.31 Å². The van der Waals surface area contributed by atoms with Crippen molar-refractivity contribution >= 4 is 33.6 Å². The quantitative estimate of drug-likeness (QED) is 0.445. The highest BCUT2D eigenvalue weighted by atomic mass is 32.2. The van der Waals surface area contributed by atoms with Crippen molar-refractivity contribution in [2.24, 2.45) is 0 Å². The van der Waals surface area contributed by atoms with Gasteiger partial charge in [-0.2, -0.15) is 0 Å². The number of amides is 1. The highest BCUT2D eigenvalue weighted by Gasteiger charge is 2.27. The molecule has 0 radical (unpaired) electrons. The number of rotatable bonds is 9. The number of hydrogen-bond donors (Lipinski definition) is 2. The summed E-state index contributed by atoms with van der Waals surface area (Å²) in [5, 5.41) is 12.6. The van der Waals surface area contributed by atoms with Gasteiger partial charge in [0.05, 0.1) is 6.20 Å². The lowest BCUT2D eigenvalue weighted by atomic mass is 10.1. The zero-order chi connectivity index (χ0) is 25.6. The fourth-order valence-electron chi connectivity index (χ4n) is 2.94. The lowest BCUT2D eigenvalue weighted by molar-refractivity contribution is -0.137. The van der Waals surface area contributed by atoms with Crippen molar-refractivity contribution in [2.75, 3.05) is 30.8 Å². The molecular formula is C22H24N6O6S. The average molecular weight is 501 g/mol. The van der Waals surface area contributed by atoms with E-state index in [0.29, 0.717) is 11.3 Å². The van der Waals surface area contributed by atoms with E-state index in [-0.39, 0.29) is 22.8 Å². The molecule has 35 heavy (non-hydrogen) atoms. The van der Waals surface area contributed by atoms with Crippen LogP contribution in [0.2, 0.25) is 0 Å². The molecule has 0 aliphatic heterocycles. The maximum absolute atomic E-state index is 13.0. The first-order valence-electron chi connectivity index (χ1n) is 10.3. The largest absolute Gasteiger partial charge is 0.480 e. The Morgan fingerprint density at radius 1 is 1.09 bits per heavy atom. The molecule has 0 aliphatic rings. The Hall–Kier alpha value is -4.26. The monoisotopic (exact) mass is 500 g/mol. The predicted molar refractivity (Wildman–Crippen MR) is 127 cm³/mol. The van der Waals surface area contributed by atoms with Crippen LogP contribution in [0.1, 0.15) is 5.56 Å². The topological polar surface area (TPSA) is 155 Å². The molecule has 3 rings (SSSR count). The summed E-state index contributed by atoms with van der Waals surface area (Å²) in [6.45, 7) is 0. The summed E-state index contributed by atoms with van der Waals surface area (Å²) >= 11 is 0. The average Bonchev–Trinajstić information content (AvgIpc) is 2.85. The molecule has 0 saturated heterocycles. The van der Waals surface area contributed by atoms with E-state index in [9.17, 15) is 23.1 Å². The van der Waals surface area contributed by atoms with Crippen LogP contribution in [-0.4, -0.2) is 72.6 Å². The van der Waals surface area contributed by atoms with Gasteiger partial charge in [-0.1, -0.05) is 12.1 Å². The molecule has 2 aromatic heterocycles. The van der Waals surface area contributed by atoms with Gasteiger partial charge in [0.1, 0.15) is 28.7 Å². The molecule has 1 amide bonds. The second kappa shape index (κ2) is 10.8. The summed E-state index contributed by atoms with van der Waals surface area (Å²) in [4.78, 5) is 36.7. The molecule has 13 heteroatoms. The highest BCUT2D eigenvalue weighted by Crippen LogP contribution is 2.27. The number of nitrogens with one attached hydrogen (secondary N) is 1. The standard InChI is InChI=1S/C22H24N6O6S/c1-27(2)22(31)34-16-8-6-15(7-9-16)11-18(21(29)30)26-20-19(13-24-14-25-20)28(3)35(32,33)17-5-4-10-23-12-17/h4-10,12-14,18H,11H2,1-3H3,(H,29,30)(H,24,25,26)/t18-/m0/s1. The van der Waals surface area contributed by atoms with Crippen LogP contribution in [0.5, 0.6) is 5.75 Å². The summed E-state index contributed by atoms with van der Waals surface area (Å²) < 4.78 is 32.1. The van der Waals surface area contributed by atoms with Crippen molar-refractivity contribution in [3.63, 3.8) is 0 Å². The van der Waals surface area contributed by atoms with Crippen LogP contribution in [0.3, 0.4) is 0 Å². The Bertz CT molecular complexity index is 1290. The minimum Gasteiger partial charge on any atom is -0.480 e. The summed E-state index contributed by atoms with van der Waals surface area (Å²) in [6, 6.07) is 8.13. The molecule has 3 aromatic rings. The SMILES string of the molecule is CN(C)C(=O)Oc1ccc(C[C@H](Nc2ncncc2N(C)S(=O)(=O)c2cccnc2)C(=O)O)cc1. The minimum atomic E-state index is -3.99. The molecule has 0 unspecified atom stereocenters. The highest BCUT2D eigenvalue weighted by molar-refractivity contribution is 7.92. The molecular weight excluding hydrogens is 476 g/mol. The van der Waals surface area contributed by atoms with Gasteiger partial charge < -0.3 is 20.1 Å². The Morgan fingerprint density at radius 2 is 1.80 bits per heavy atom. The summed E-state index contributed by atoms with van der Waals surface area (Å²) in [6.07, 6.45) is 4.62. The molecule has 0 aliphatic carbocycles. The van der Waals surface area contributed by atoms with E-state index in [1.807, 2.05) is 0 Å². The number of hydrogen-bond acceptors (Lipinski definition) is 9. The Kier molecular flexibility index (Phi) is 7.81. The third-order valence-electron chi connectivity index (χ3n) is 4.87. The molecule has 1 atom stereocenters. The number of carbonyl (C=O) groups excluding carboxylic acids is 1. The van der Waals surface area contributed by atoms with Crippen LogP contribution in [0.4, 0.5) is 16.3 Å². The number of pyridine rings is 1. The third-order valence-corrected chi connectivity index (χ3v) is 6.62. The smallest absolute Gasteiger partial charge is 0.414 e. The van der Waals surface area contributed by atoms with Gasteiger partial charge in [0.25, 0.3) is 10.0 Å². The number of benzene rings is 1. The van der Waals surface area contributed by atoms with Gasteiger partial charge in [-0.15, -0.1) is 0 Å².